The van der Waals surface area contributed by atoms with Crippen molar-refractivity contribution < 1.29 is 4.74 Å². The number of nitrogens with one attached hydrogen (secondary N) is 3. The van der Waals surface area contributed by atoms with Crippen LogP contribution in [0.25, 0.3) is 44.8 Å². The first-order chi connectivity index (χ1) is 15.3. The van der Waals surface area contributed by atoms with Gasteiger partial charge in [-0.2, -0.15) is 5.10 Å². The van der Waals surface area contributed by atoms with Gasteiger partial charge in [0.25, 0.3) is 0 Å². The zero-order valence-corrected chi connectivity index (χ0v) is 16.8. The van der Waals surface area contributed by atoms with Crippen molar-refractivity contribution in [2.24, 2.45) is 0 Å². The number of imidazole rings is 1. The molecule has 3 N–H and O–H groups in total. The lowest BCUT2D eigenvalue weighted by Gasteiger charge is -2.23. The monoisotopic (exact) mass is 411 g/mol. The molecular formula is C23H21N7O. The van der Waals surface area contributed by atoms with Gasteiger partial charge in [0.15, 0.2) is 11.5 Å². The maximum atomic E-state index is 6.15. The van der Waals surface area contributed by atoms with E-state index in [2.05, 4.69) is 30.5 Å². The van der Waals surface area contributed by atoms with E-state index in [1.165, 1.54) is 0 Å². The molecule has 31 heavy (non-hydrogen) atoms. The predicted molar refractivity (Wildman–Crippen MR) is 119 cm³/mol. The summed E-state index contributed by atoms with van der Waals surface area (Å²) >= 11 is 0. The average molecular weight is 411 g/mol. The minimum Gasteiger partial charge on any atom is -0.489 e. The Morgan fingerprint density at radius 1 is 0.935 bits per heavy atom. The van der Waals surface area contributed by atoms with Gasteiger partial charge in [0, 0.05) is 11.8 Å². The van der Waals surface area contributed by atoms with Crippen LogP contribution in [-0.2, 0) is 0 Å². The van der Waals surface area contributed by atoms with Crippen LogP contribution < -0.4 is 10.1 Å². The second-order valence-electron chi connectivity index (χ2n) is 7.74. The number of hydrogen-bond donors (Lipinski definition) is 3. The average Bonchev–Trinajstić information content (AvgIpc) is 3.43. The maximum Gasteiger partial charge on any atom is 0.161 e. The summed E-state index contributed by atoms with van der Waals surface area (Å²) in [6.45, 7) is 1.97. The van der Waals surface area contributed by atoms with Crippen LogP contribution in [-0.4, -0.2) is 49.3 Å². The first-order valence-electron chi connectivity index (χ1n) is 10.5. The highest BCUT2D eigenvalue weighted by Crippen LogP contribution is 2.29. The van der Waals surface area contributed by atoms with Gasteiger partial charge in [0.05, 0.1) is 28.4 Å². The third kappa shape index (κ3) is 3.40. The van der Waals surface area contributed by atoms with Gasteiger partial charge in [-0.25, -0.2) is 9.97 Å². The standard InChI is InChI=1S/C23H21N7O/c1-2-4-19-18(3-1)27-23(28-19)22-21-20(29-30-22)6-5-17(26-21)14-11-16(13-25-12-14)31-15-7-9-24-10-8-15/h1-6,11-13,15,24H,7-10H2,(H,27,28)(H,29,30). The molecule has 1 saturated heterocycles. The Bertz CT molecular complexity index is 1330. The maximum absolute atomic E-state index is 6.15. The SMILES string of the molecule is c1ccc2[nH]c(-c3n[nH]c4ccc(-c5cncc(OC6CCNCC6)c5)nc34)nc2c1. The number of hydrogen-bond acceptors (Lipinski definition) is 6. The van der Waals surface area contributed by atoms with Crippen molar-refractivity contribution in [2.75, 3.05) is 13.1 Å². The molecule has 5 heterocycles. The largest absolute Gasteiger partial charge is 0.489 e. The van der Waals surface area contributed by atoms with Crippen LogP contribution in [0.3, 0.4) is 0 Å². The summed E-state index contributed by atoms with van der Waals surface area (Å²) in [6.07, 6.45) is 5.81. The van der Waals surface area contributed by atoms with Gasteiger partial charge >= 0.3 is 0 Å². The molecule has 5 aromatic rings. The van der Waals surface area contributed by atoms with Crippen molar-refractivity contribution in [1.29, 1.82) is 0 Å². The highest BCUT2D eigenvalue weighted by atomic mass is 16.5. The van der Waals surface area contributed by atoms with E-state index < -0.39 is 0 Å². The molecule has 0 unspecified atom stereocenters. The minimum absolute atomic E-state index is 0.224. The second kappa shape index (κ2) is 7.48. The van der Waals surface area contributed by atoms with Crippen molar-refractivity contribution in [3.05, 3.63) is 54.9 Å². The van der Waals surface area contributed by atoms with Crippen LogP contribution >= 0.6 is 0 Å². The van der Waals surface area contributed by atoms with E-state index in [9.17, 15) is 0 Å². The van der Waals surface area contributed by atoms with Gasteiger partial charge in [0.1, 0.15) is 17.4 Å². The number of aromatic nitrogens is 6. The molecule has 4 aromatic heterocycles. The number of para-hydroxylation sites is 2. The fourth-order valence-corrected chi connectivity index (χ4v) is 4.02. The Kier molecular flexibility index (Phi) is 4.35. The number of nitrogens with zero attached hydrogens (tertiary/aromatic N) is 4. The van der Waals surface area contributed by atoms with Crippen LogP contribution in [0.5, 0.6) is 5.75 Å². The molecular weight excluding hydrogens is 390 g/mol. The normalized spacial score (nSPS) is 15.0. The number of pyridine rings is 2. The number of piperidine rings is 1. The van der Waals surface area contributed by atoms with Crippen LogP contribution in [0, 0.1) is 0 Å². The smallest absolute Gasteiger partial charge is 0.161 e. The van der Waals surface area contributed by atoms with Crippen LogP contribution in [0.4, 0.5) is 0 Å². The molecule has 0 atom stereocenters. The molecule has 1 aromatic carbocycles. The molecule has 0 saturated carbocycles. The molecule has 8 heteroatoms. The molecule has 8 nitrogen and oxygen atoms in total. The highest BCUT2D eigenvalue weighted by molar-refractivity contribution is 5.91. The third-order valence-electron chi connectivity index (χ3n) is 5.62. The minimum atomic E-state index is 0.224. The number of rotatable bonds is 4. The number of aromatic amines is 2. The molecule has 0 bridgehead atoms. The zero-order valence-electron chi connectivity index (χ0n) is 16.8. The van der Waals surface area contributed by atoms with Gasteiger partial charge in [-0.15, -0.1) is 0 Å². The van der Waals surface area contributed by atoms with Crippen molar-refractivity contribution in [2.45, 2.75) is 18.9 Å². The Morgan fingerprint density at radius 3 is 2.74 bits per heavy atom. The molecule has 6 rings (SSSR count). The Hall–Kier alpha value is -3.78. The lowest BCUT2D eigenvalue weighted by Crippen LogP contribution is -2.34. The van der Waals surface area contributed by atoms with E-state index in [4.69, 9.17) is 9.72 Å². The van der Waals surface area contributed by atoms with Gasteiger partial charge < -0.3 is 15.0 Å². The number of ether oxygens (including phenoxy) is 1. The van der Waals surface area contributed by atoms with Gasteiger partial charge in [-0.1, -0.05) is 12.1 Å². The van der Waals surface area contributed by atoms with Gasteiger partial charge in [-0.05, 0) is 56.3 Å². The summed E-state index contributed by atoms with van der Waals surface area (Å²) in [6, 6.07) is 13.9. The van der Waals surface area contributed by atoms with E-state index in [-0.39, 0.29) is 6.10 Å². The van der Waals surface area contributed by atoms with E-state index in [1.54, 1.807) is 6.20 Å². The van der Waals surface area contributed by atoms with Crippen LogP contribution in [0.1, 0.15) is 12.8 Å². The number of H-pyrrole nitrogens is 2. The lowest BCUT2D eigenvalue weighted by molar-refractivity contribution is 0.162. The first kappa shape index (κ1) is 18.0. The predicted octanol–water partition coefficient (Wildman–Crippen LogP) is 3.69. The summed E-state index contributed by atoms with van der Waals surface area (Å²) < 4.78 is 6.15. The van der Waals surface area contributed by atoms with Gasteiger partial charge in [-0.3, -0.25) is 10.1 Å². The zero-order chi connectivity index (χ0) is 20.6. The highest BCUT2D eigenvalue weighted by Gasteiger charge is 2.17. The second-order valence-corrected chi connectivity index (χ2v) is 7.74. The Labute approximate surface area is 178 Å². The molecule has 1 fully saturated rings. The van der Waals surface area contributed by atoms with E-state index in [1.807, 2.05) is 48.7 Å². The summed E-state index contributed by atoms with van der Waals surface area (Å²) in [5, 5.41) is 10.9. The lowest BCUT2D eigenvalue weighted by atomic mass is 10.1. The molecule has 1 aliphatic heterocycles. The number of fused-ring (bicyclic) bond motifs is 2. The molecule has 154 valence electrons. The summed E-state index contributed by atoms with van der Waals surface area (Å²) in [4.78, 5) is 17.3. The molecule has 0 spiro atoms. The van der Waals surface area contributed by atoms with Crippen molar-refractivity contribution in [3.8, 4) is 28.5 Å². The Morgan fingerprint density at radius 2 is 1.84 bits per heavy atom. The van der Waals surface area contributed by atoms with Crippen molar-refractivity contribution >= 4 is 22.1 Å². The summed E-state index contributed by atoms with van der Waals surface area (Å²) in [7, 11) is 0. The quantitative estimate of drug-likeness (QED) is 0.417. The van der Waals surface area contributed by atoms with Crippen molar-refractivity contribution in [1.82, 2.24) is 35.5 Å². The molecule has 0 aliphatic carbocycles. The molecule has 0 radical (unpaired) electrons. The fraction of sp³-hybridized carbons (Fsp3) is 0.217. The topological polar surface area (TPSA) is 104 Å². The first-order valence-corrected chi connectivity index (χ1v) is 10.5. The van der Waals surface area contributed by atoms with E-state index in [0.717, 1.165) is 65.0 Å². The third-order valence-corrected chi connectivity index (χ3v) is 5.62. The number of benzene rings is 1. The summed E-state index contributed by atoms with van der Waals surface area (Å²) in [5.74, 6) is 1.47. The van der Waals surface area contributed by atoms with Crippen LogP contribution in [0.15, 0.2) is 54.9 Å². The Balaban J connectivity index is 1.36. The van der Waals surface area contributed by atoms with E-state index >= 15 is 0 Å². The molecule has 1 aliphatic rings. The van der Waals surface area contributed by atoms with Crippen LogP contribution in [0.2, 0.25) is 0 Å². The molecule has 0 amide bonds. The van der Waals surface area contributed by atoms with Gasteiger partial charge in [0.2, 0.25) is 0 Å². The summed E-state index contributed by atoms with van der Waals surface area (Å²) in [5.41, 5.74) is 5.91. The fourth-order valence-electron chi connectivity index (χ4n) is 4.02. The van der Waals surface area contributed by atoms with E-state index in [0.29, 0.717) is 11.5 Å². The van der Waals surface area contributed by atoms with Crippen molar-refractivity contribution in [3.63, 3.8) is 0 Å².